The maximum absolute atomic E-state index is 12.3. The molecule has 2 rings (SSSR count). The second-order valence-corrected chi connectivity index (χ2v) is 6.08. The second kappa shape index (κ2) is 6.57. The zero-order valence-electron chi connectivity index (χ0n) is 11.2. The molecule has 1 heterocycles. The lowest BCUT2D eigenvalue weighted by Gasteiger charge is -2.28. The van der Waals surface area contributed by atoms with Crippen molar-refractivity contribution in [3.05, 3.63) is 22.4 Å². The van der Waals surface area contributed by atoms with Crippen LogP contribution < -0.4 is 5.32 Å². The zero-order chi connectivity index (χ0) is 13.8. The minimum absolute atomic E-state index is 0.0925. The van der Waals surface area contributed by atoms with Crippen LogP contribution in [-0.2, 0) is 6.54 Å². The normalized spacial score (nSPS) is 23.3. The first-order valence-corrected chi connectivity index (χ1v) is 7.75. The molecule has 0 saturated heterocycles. The second-order valence-electron chi connectivity index (χ2n) is 5.17. The predicted molar refractivity (Wildman–Crippen MR) is 78.2 cm³/mol. The Morgan fingerprint density at radius 1 is 1.53 bits per heavy atom. The lowest BCUT2D eigenvalue weighted by Crippen LogP contribution is -2.45. The molecule has 0 bridgehead atoms. The van der Waals surface area contributed by atoms with Crippen molar-refractivity contribution in [2.24, 2.45) is 0 Å². The molecule has 1 aromatic heterocycles. The molecular weight excluding hydrogens is 308 g/mol. The Labute approximate surface area is 122 Å². The van der Waals surface area contributed by atoms with Crippen molar-refractivity contribution in [2.45, 2.75) is 57.7 Å². The molecule has 2 atom stereocenters. The van der Waals surface area contributed by atoms with Crippen LogP contribution in [-0.4, -0.2) is 27.7 Å². The third-order valence-corrected chi connectivity index (χ3v) is 4.04. The van der Waals surface area contributed by atoms with Crippen LogP contribution in [0.25, 0.3) is 0 Å². The van der Waals surface area contributed by atoms with Crippen molar-refractivity contribution in [1.82, 2.24) is 9.88 Å². The van der Waals surface area contributed by atoms with Gasteiger partial charge in [0.2, 0.25) is 0 Å². The zero-order valence-corrected chi connectivity index (χ0v) is 12.8. The van der Waals surface area contributed by atoms with E-state index in [0.717, 1.165) is 43.1 Å². The van der Waals surface area contributed by atoms with Crippen LogP contribution in [0.2, 0.25) is 0 Å². The topological polar surface area (TPSA) is 54.3 Å². The fourth-order valence-corrected chi connectivity index (χ4v) is 3.08. The number of rotatable bonds is 4. The monoisotopic (exact) mass is 328 g/mol. The van der Waals surface area contributed by atoms with Crippen molar-refractivity contribution in [3.8, 4) is 0 Å². The third kappa shape index (κ3) is 3.60. The Morgan fingerprint density at radius 2 is 2.26 bits per heavy atom. The first-order chi connectivity index (χ1) is 9.11. The number of hydrogen-bond donors (Lipinski definition) is 2. The van der Waals surface area contributed by atoms with Crippen molar-refractivity contribution < 1.29 is 9.90 Å². The van der Waals surface area contributed by atoms with E-state index in [1.807, 2.05) is 16.8 Å². The van der Waals surface area contributed by atoms with Crippen molar-refractivity contribution in [2.75, 3.05) is 0 Å². The summed E-state index contributed by atoms with van der Waals surface area (Å²) in [5.74, 6) is -0.0925. The molecule has 2 N–H and O–H groups in total. The molecule has 0 spiro atoms. The Bertz CT molecular complexity index is 445. The number of hydrogen-bond acceptors (Lipinski definition) is 2. The molecule has 1 aromatic rings. The number of nitrogens with zero attached hydrogens (tertiary/aromatic N) is 1. The molecule has 106 valence electrons. The van der Waals surface area contributed by atoms with E-state index in [0.29, 0.717) is 5.69 Å². The van der Waals surface area contributed by atoms with Crippen LogP contribution in [0.5, 0.6) is 0 Å². The molecule has 0 radical (unpaired) electrons. The maximum atomic E-state index is 12.3. The summed E-state index contributed by atoms with van der Waals surface area (Å²) < 4.78 is 2.87. The predicted octanol–water partition coefficient (Wildman–Crippen LogP) is 2.69. The number of nitrogens with one attached hydrogen (secondary N) is 1. The fraction of sp³-hybridized carbons (Fsp3) is 0.643. The van der Waals surface area contributed by atoms with Crippen LogP contribution >= 0.6 is 15.9 Å². The van der Waals surface area contributed by atoms with Gasteiger partial charge in [0.25, 0.3) is 5.91 Å². The summed E-state index contributed by atoms with van der Waals surface area (Å²) in [6.07, 6.45) is 6.26. The van der Waals surface area contributed by atoms with E-state index >= 15 is 0 Å². The van der Waals surface area contributed by atoms with E-state index in [1.165, 1.54) is 0 Å². The third-order valence-electron chi connectivity index (χ3n) is 3.61. The Balaban J connectivity index is 2.06. The molecule has 5 heteroatoms. The first-order valence-electron chi connectivity index (χ1n) is 6.96. The van der Waals surface area contributed by atoms with Gasteiger partial charge in [-0.1, -0.05) is 19.8 Å². The quantitative estimate of drug-likeness (QED) is 0.892. The molecule has 1 saturated carbocycles. The molecule has 0 aliphatic heterocycles. The lowest BCUT2D eigenvalue weighted by molar-refractivity contribution is 0.0710. The van der Waals surface area contributed by atoms with Crippen molar-refractivity contribution in [3.63, 3.8) is 0 Å². The standard InChI is InChI=1S/C14H21BrN2O2/c1-2-7-17-9-10(15)8-12(17)14(19)16-11-5-3-4-6-13(11)18/h8-9,11,13,18H,2-7H2,1H3,(H,16,19)/t11-,13-/m0/s1. The van der Waals surface area contributed by atoms with Gasteiger partial charge in [0.1, 0.15) is 5.69 Å². The highest BCUT2D eigenvalue weighted by atomic mass is 79.9. The van der Waals surface area contributed by atoms with E-state index in [-0.39, 0.29) is 11.9 Å². The van der Waals surface area contributed by atoms with Crippen LogP contribution in [0.15, 0.2) is 16.7 Å². The minimum atomic E-state index is -0.407. The van der Waals surface area contributed by atoms with Crippen LogP contribution in [0.3, 0.4) is 0 Å². The highest BCUT2D eigenvalue weighted by molar-refractivity contribution is 9.10. The fourth-order valence-electron chi connectivity index (χ4n) is 2.61. The molecule has 4 nitrogen and oxygen atoms in total. The molecule has 1 amide bonds. The van der Waals surface area contributed by atoms with Crippen LogP contribution in [0, 0.1) is 0 Å². The van der Waals surface area contributed by atoms with Gasteiger partial charge in [0.05, 0.1) is 12.1 Å². The van der Waals surface area contributed by atoms with Gasteiger partial charge in [-0.25, -0.2) is 0 Å². The number of carbonyl (C=O) groups is 1. The van der Waals surface area contributed by atoms with E-state index < -0.39 is 6.10 Å². The summed E-state index contributed by atoms with van der Waals surface area (Å²) >= 11 is 3.41. The highest BCUT2D eigenvalue weighted by Crippen LogP contribution is 2.20. The van der Waals surface area contributed by atoms with Crippen LogP contribution in [0.1, 0.15) is 49.5 Å². The number of carbonyl (C=O) groups excluding carboxylic acids is 1. The highest BCUT2D eigenvalue weighted by Gasteiger charge is 2.25. The van der Waals surface area contributed by atoms with Gasteiger partial charge in [-0.3, -0.25) is 4.79 Å². The van der Waals surface area contributed by atoms with Gasteiger partial charge in [-0.05, 0) is 41.3 Å². The largest absolute Gasteiger partial charge is 0.391 e. The molecule has 1 aliphatic carbocycles. The average Bonchev–Trinajstić information content (AvgIpc) is 2.74. The van der Waals surface area contributed by atoms with Crippen molar-refractivity contribution in [1.29, 1.82) is 0 Å². The summed E-state index contributed by atoms with van der Waals surface area (Å²) in [7, 11) is 0. The van der Waals surface area contributed by atoms with E-state index in [4.69, 9.17) is 0 Å². The lowest BCUT2D eigenvalue weighted by atomic mass is 9.92. The Morgan fingerprint density at radius 3 is 2.95 bits per heavy atom. The molecule has 0 aromatic carbocycles. The van der Waals surface area contributed by atoms with Gasteiger partial charge < -0.3 is 15.0 Å². The summed E-state index contributed by atoms with van der Waals surface area (Å²) in [6, 6.07) is 1.73. The van der Waals surface area contributed by atoms with Gasteiger partial charge in [0, 0.05) is 17.2 Å². The Hall–Kier alpha value is -0.810. The minimum Gasteiger partial charge on any atom is -0.391 e. The number of aromatic nitrogens is 1. The number of aryl methyl sites for hydroxylation is 1. The first kappa shape index (κ1) is 14.6. The summed E-state index contributed by atoms with van der Waals surface area (Å²) in [4.78, 5) is 12.3. The van der Waals surface area contributed by atoms with E-state index in [9.17, 15) is 9.90 Å². The maximum Gasteiger partial charge on any atom is 0.268 e. The van der Waals surface area contributed by atoms with Crippen LogP contribution in [0.4, 0.5) is 0 Å². The molecule has 0 unspecified atom stereocenters. The number of aliphatic hydroxyl groups is 1. The summed E-state index contributed by atoms with van der Waals surface area (Å²) in [5.41, 5.74) is 0.659. The molecular formula is C14H21BrN2O2. The van der Waals surface area contributed by atoms with Crippen molar-refractivity contribution >= 4 is 21.8 Å². The number of amides is 1. The Kier molecular flexibility index (Phi) is 5.05. The SMILES string of the molecule is CCCn1cc(Br)cc1C(=O)N[C@H]1CCCC[C@@H]1O. The van der Waals surface area contributed by atoms with Gasteiger partial charge in [0.15, 0.2) is 0 Å². The smallest absolute Gasteiger partial charge is 0.268 e. The molecule has 1 aliphatic rings. The van der Waals surface area contributed by atoms with Gasteiger partial charge in [-0.2, -0.15) is 0 Å². The van der Waals surface area contributed by atoms with Gasteiger partial charge >= 0.3 is 0 Å². The number of aliphatic hydroxyl groups excluding tert-OH is 1. The average molecular weight is 329 g/mol. The summed E-state index contributed by atoms with van der Waals surface area (Å²) in [6.45, 7) is 2.90. The molecule has 19 heavy (non-hydrogen) atoms. The van der Waals surface area contributed by atoms with Gasteiger partial charge in [-0.15, -0.1) is 0 Å². The van der Waals surface area contributed by atoms with E-state index in [1.54, 1.807) is 0 Å². The van der Waals surface area contributed by atoms with E-state index in [2.05, 4.69) is 28.2 Å². The molecule has 1 fully saturated rings. The summed E-state index contributed by atoms with van der Waals surface area (Å²) in [5, 5.41) is 12.9. The number of halogens is 1.